The van der Waals surface area contributed by atoms with Crippen LogP contribution in [0.5, 0.6) is 0 Å². The maximum atomic E-state index is 5.63. The van der Waals surface area contributed by atoms with E-state index in [4.69, 9.17) is 11.5 Å². The molecule has 0 heterocycles. The van der Waals surface area contributed by atoms with Crippen molar-refractivity contribution in [3.63, 3.8) is 0 Å². The number of benzene rings is 2. The van der Waals surface area contributed by atoms with Crippen LogP contribution in [-0.2, 0) is 0 Å². The standard InChI is InChI=1S/C14H17N3/c15-14(16)17-13(11-7-3-1-4-8-11)12-9-5-2-6-10-12/h1-10,13-14,17H,15-16H2. The molecule has 0 spiro atoms. The van der Waals surface area contributed by atoms with E-state index in [9.17, 15) is 0 Å². The molecule has 17 heavy (non-hydrogen) atoms. The van der Waals surface area contributed by atoms with Crippen LogP contribution >= 0.6 is 0 Å². The van der Waals surface area contributed by atoms with Crippen molar-refractivity contribution >= 4 is 0 Å². The number of rotatable bonds is 4. The van der Waals surface area contributed by atoms with E-state index in [2.05, 4.69) is 29.6 Å². The quantitative estimate of drug-likeness (QED) is 0.695. The molecule has 2 aromatic carbocycles. The van der Waals surface area contributed by atoms with Crippen molar-refractivity contribution in [3.8, 4) is 0 Å². The number of nitrogens with two attached hydrogens (primary N) is 2. The molecule has 0 aliphatic heterocycles. The van der Waals surface area contributed by atoms with E-state index in [-0.39, 0.29) is 6.04 Å². The van der Waals surface area contributed by atoms with Crippen molar-refractivity contribution in [2.24, 2.45) is 11.5 Å². The zero-order valence-electron chi connectivity index (χ0n) is 9.58. The molecule has 0 fully saturated rings. The molecule has 0 aliphatic rings. The lowest BCUT2D eigenvalue weighted by molar-refractivity contribution is 0.494. The molecular formula is C14H17N3. The molecule has 2 rings (SSSR count). The van der Waals surface area contributed by atoms with Gasteiger partial charge in [-0.15, -0.1) is 0 Å². The summed E-state index contributed by atoms with van der Waals surface area (Å²) >= 11 is 0. The van der Waals surface area contributed by atoms with Crippen LogP contribution in [-0.4, -0.2) is 6.29 Å². The number of hydrogen-bond acceptors (Lipinski definition) is 3. The Hall–Kier alpha value is -1.68. The minimum absolute atomic E-state index is 0.0254. The van der Waals surface area contributed by atoms with Crippen LogP contribution in [0.25, 0.3) is 0 Å². The first kappa shape index (κ1) is 11.8. The zero-order valence-corrected chi connectivity index (χ0v) is 9.58. The molecule has 0 saturated heterocycles. The van der Waals surface area contributed by atoms with Crippen LogP contribution in [0.1, 0.15) is 17.2 Å². The van der Waals surface area contributed by atoms with Crippen LogP contribution in [0.2, 0.25) is 0 Å². The minimum atomic E-state index is -0.541. The van der Waals surface area contributed by atoms with Crippen molar-refractivity contribution in [2.45, 2.75) is 12.3 Å². The van der Waals surface area contributed by atoms with E-state index >= 15 is 0 Å². The fourth-order valence-electron chi connectivity index (χ4n) is 1.87. The summed E-state index contributed by atoms with van der Waals surface area (Å²) < 4.78 is 0. The van der Waals surface area contributed by atoms with Crippen LogP contribution in [0.3, 0.4) is 0 Å². The summed E-state index contributed by atoms with van der Waals surface area (Å²) in [4.78, 5) is 0. The molecule has 0 amide bonds. The maximum absolute atomic E-state index is 5.63. The predicted octanol–water partition coefficient (Wildman–Crippen LogP) is 1.57. The SMILES string of the molecule is NC(N)NC(c1ccccc1)c1ccccc1. The van der Waals surface area contributed by atoms with E-state index in [1.54, 1.807) is 0 Å². The average molecular weight is 227 g/mol. The molecule has 0 bridgehead atoms. The summed E-state index contributed by atoms with van der Waals surface area (Å²) in [5.41, 5.74) is 13.6. The van der Waals surface area contributed by atoms with Crippen LogP contribution < -0.4 is 16.8 Å². The third kappa shape index (κ3) is 3.14. The van der Waals surface area contributed by atoms with Crippen LogP contribution in [0, 0.1) is 0 Å². The molecule has 3 heteroatoms. The van der Waals surface area contributed by atoms with Crippen molar-refractivity contribution in [3.05, 3.63) is 71.8 Å². The Morgan fingerprint density at radius 3 is 1.47 bits per heavy atom. The Morgan fingerprint density at radius 1 is 0.706 bits per heavy atom. The van der Waals surface area contributed by atoms with E-state index in [0.717, 1.165) is 11.1 Å². The van der Waals surface area contributed by atoms with E-state index in [1.807, 2.05) is 36.4 Å². The van der Waals surface area contributed by atoms with Gasteiger partial charge in [0.1, 0.15) is 6.29 Å². The molecular weight excluding hydrogens is 210 g/mol. The van der Waals surface area contributed by atoms with Gasteiger partial charge in [0.2, 0.25) is 0 Å². The molecule has 0 aliphatic carbocycles. The van der Waals surface area contributed by atoms with Crippen molar-refractivity contribution < 1.29 is 0 Å². The third-order valence-electron chi connectivity index (χ3n) is 2.62. The summed E-state index contributed by atoms with van der Waals surface area (Å²) in [6, 6.07) is 20.3. The van der Waals surface area contributed by atoms with Gasteiger partial charge in [0, 0.05) is 0 Å². The summed E-state index contributed by atoms with van der Waals surface area (Å²) in [6.07, 6.45) is -0.541. The Labute approximate surface area is 101 Å². The first-order valence-electron chi connectivity index (χ1n) is 5.64. The normalized spacial score (nSPS) is 11.1. The van der Waals surface area contributed by atoms with Crippen LogP contribution in [0.4, 0.5) is 0 Å². The van der Waals surface area contributed by atoms with Gasteiger partial charge in [-0.05, 0) is 11.1 Å². The molecule has 0 aromatic heterocycles. The van der Waals surface area contributed by atoms with Crippen LogP contribution in [0.15, 0.2) is 60.7 Å². The van der Waals surface area contributed by atoms with E-state index in [1.165, 1.54) is 0 Å². The topological polar surface area (TPSA) is 64.1 Å². The Kier molecular flexibility index (Phi) is 3.88. The maximum Gasteiger partial charge on any atom is 0.107 e. The summed E-state index contributed by atoms with van der Waals surface area (Å²) in [5.74, 6) is 0. The zero-order chi connectivity index (χ0) is 12.1. The summed E-state index contributed by atoms with van der Waals surface area (Å²) in [7, 11) is 0. The van der Waals surface area contributed by atoms with Gasteiger partial charge >= 0.3 is 0 Å². The van der Waals surface area contributed by atoms with Gasteiger partial charge in [0.05, 0.1) is 6.04 Å². The second-order valence-electron chi connectivity index (χ2n) is 3.95. The largest absolute Gasteiger partial charge is 0.304 e. The van der Waals surface area contributed by atoms with Gasteiger partial charge in [-0.3, -0.25) is 5.32 Å². The molecule has 3 nitrogen and oxygen atoms in total. The molecule has 0 saturated carbocycles. The predicted molar refractivity (Wildman–Crippen MR) is 70.0 cm³/mol. The lowest BCUT2D eigenvalue weighted by Crippen LogP contribution is -2.47. The summed E-state index contributed by atoms with van der Waals surface area (Å²) in [5, 5.41) is 3.17. The molecule has 0 radical (unpaired) electrons. The first-order valence-corrected chi connectivity index (χ1v) is 5.64. The molecule has 5 N–H and O–H groups in total. The third-order valence-corrected chi connectivity index (χ3v) is 2.62. The minimum Gasteiger partial charge on any atom is -0.304 e. The fraction of sp³-hybridized carbons (Fsp3) is 0.143. The molecule has 0 unspecified atom stereocenters. The van der Waals surface area contributed by atoms with Gasteiger partial charge in [0.25, 0.3) is 0 Å². The van der Waals surface area contributed by atoms with E-state index in [0.29, 0.717) is 0 Å². The van der Waals surface area contributed by atoms with Crippen molar-refractivity contribution in [1.29, 1.82) is 0 Å². The molecule has 2 aromatic rings. The van der Waals surface area contributed by atoms with Gasteiger partial charge in [-0.1, -0.05) is 60.7 Å². The lowest BCUT2D eigenvalue weighted by atomic mass is 9.99. The number of nitrogens with one attached hydrogen (secondary N) is 1. The second-order valence-corrected chi connectivity index (χ2v) is 3.95. The molecule has 0 atom stereocenters. The highest BCUT2D eigenvalue weighted by Crippen LogP contribution is 2.21. The van der Waals surface area contributed by atoms with Gasteiger partial charge < -0.3 is 11.5 Å². The average Bonchev–Trinajstić information content (AvgIpc) is 2.38. The number of hydrogen-bond donors (Lipinski definition) is 3. The van der Waals surface area contributed by atoms with Gasteiger partial charge in [-0.2, -0.15) is 0 Å². The highest BCUT2D eigenvalue weighted by atomic mass is 15.2. The van der Waals surface area contributed by atoms with E-state index < -0.39 is 6.29 Å². The monoisotopic (exact) mass is 227 g/mol. The van der Waals surface area contributed by atoms with Crippen molar-refractivity contribution in [1.82, 2.24) is 5.32 Å². The smallest absolute Gasteiger partial charge is 0.107 e. The van der Waals surface area contributed by atoms with Gasteiger partial charge in [0.15, 0.2) is 0 Å². The fourth-order valence-corrected chi connectivity index (χ4v) is 1.87. The molecule has 88 valence electrons. The van der Waals surface area contributed by atoms with Gasteiger partial charge in [-0.25, -0.2) is 0 Å². The van der Waals surface area contributed by atoms with Crippen molar-refractivity contribution in [2.75, 3.05) is 0 Å². The highest BCUT2D eigenvalue weighted by molar-refractivity contribution is 5.31. The lowest BCUT2D eigenvalue weighted by Gasteiger charge is -2.22. The Morgan fingerprint density at radius 2 is 1.12 bits per heavy atom. The summed E-state index contributed by atoms with van der Waals surface area (Å²) in [6.45, 7) is 0. The highest BCUT2D eigenvalue weighted by Gasteiger charge is 2.14. The first-order chi connectivity index (χ1) is 8.27. The second kappa shape index (κ2) is 5.59. The Bertz CT molecular complexity index is 400. The Balaban J connectivity index is 2.32.